The van der Waals surface area contributed by atoms with Crippen LogP contribution in [0.25, 0.3) is 0 Å². The van der Waals surface area contributed by atoms with Gasteiger partial charge in [0.2, 0.25) is 0 Å². The Kier molecular flexibility index (Phi) is 3.69. The lowest BCUT2D eigenvalue weighted by Crippen LogP contribution is -1.99. The average Bonchev–Trinajstić information content (AvgIpc) is 2.63. The standard InChI is InChI=1S/C11H10Cl2N2S/c1-7-4-10(12)15-6-9(7)14-5-8-2-3-11(13)16-8/h2-4,6,14H,5H2,1H3. The van der Waals surface area contributed by atoms with Crippen LogP contribution >= 0.6 is 34.5 Å². The molecule has 16 heavy (non-hydrogen) atoms. The Bertz CT molecular complexity index is 496. The van der Waals surface area contributed by atoms with Gasteiger partial charge in [0, 0.05) is 11.4 Å². The van der Waals surface area contributed by atoms with E-state index < -0.39 is 0 Å². The summed E-state index contributed by atoms with van der Waals surface area (Å²) in [5.74, 6) is 0. The van der Waals surface area contributed by atoms with Gasteiger partial charge in [0.15, 0.2) is 0 Å². The normalized spacial score (nSPS) is 10.4. The number of hydrogen-bond acceptors (Lipinski definition) is 3. The summed E-state index contributed by atoms with van der Waals surface area (Å²) in [5, 5.41) is 3.82. The minimum atomic E-state index is 0.516. The van der Waals surface area contributed by atoms with Crippen LogP contribution in [0, 0.1) is 6.92 Å². The lowest BCUT2D eigenvalue weighted by atomic mass is 10.2. The lowest BCUT2D eigenvalue weighted by molar-refractivity contribution is 1.16. The SMILES string of the molecule is Cc1cc(Cl)ncc1NCc1ccc(Cl)s1. The molecule has 0 atom stereocenters. The zero-order valence-electron chi connectivity index (χ0n) is 8.63. The molecule has 0 radical (unpaired) electrons. The van der Waals surface area contributed by atoms with Gasteiger partial charge < -0.3 is 5.32 Å². The minimum absolute atomic E-state index is 0.516. The number of nitrogens with one attached hydrogen (secondary N) is 1. The maximum absolute atomic E-state index is 5.86. The fourth-order valence-corrected chi connectivity index (χ4v) is 2.58. The van der Waals surface area contributed by atoms with E-state index in [-0.39, 0.29) is 0 Å². The van der Waals surface area contributed by atoms with E-state index in [4.69, 9.17) is 23.2 Å². The van der Waals surface area contributed by atoms with E-state index >= 15 is 0 Å². The largest absolute Gasteiger partial charge is 0.379 e. The molecule has 2 heterocycles. The van der Waals surface area contributed by atoms with E-state index in [1.165, 1.54) is 4.88 Å². The summed E-state index contributed by atoms with van der Waals surface area (Å²) in [4.78, 5) is 5.23. The molecule has 5 heteroatoms. The van der Waals surface area contributed by atoms with Crippen LogP contribution in [0.3, 0.4) is 0 Å². The Morgan fingerprint density at radius 1 is 1.38 bits per heavy atom. The highest BCUT2D eigenvalue weighted by atomic mass is 35.5. The Morgan fingerprint density at radius 3 is 2.81 bits per heavy atom. The molecule has 0 aliphatic heterocycles. The molecule has 0 bridgehead atoms. The van der Waals surface area contributed by atoms with Crippen molar-refractivity contribution in [2.24, 2.45) is 0 Å². The highest BCUT2D eigenvalue weighted by Gasteiger charge is 2.01. The summed E-state index contributed by atoms with van der Waals surface area (Å²) in [6.07, 6.45) is 1.74. The zero-order chi connectivity index (χ0) is 11.5. The summed E-state index contributed by atoms with van der Waals surface area (Å²) < 4.78 is 0.808. The molecular weight excluding hydrogens is 263 g/mol. The monoisotopic (exact) mass is 272 g/mol. The van der Waals surface area contributed by atoms with Crippen molar-refractivity contribution in [3.63, 3.8) is 0 Å². The van der Waals surface area contributed by atoms with Crippen LogP contribution in [0.1, 0.15) is 10.4 Å². The summed E-state index contributed by atoms with van der Waals surface area (Å²) in [5.41, 5.74) is 2.08. The van der Waals surface area contributed by atoms with Crippen molar-refractivity contribution in [1.82, 2.24) is 4.98 Å². The van der Waals surface area contributed by atoms with Crippen molar-refractivity contribution >= 4 is 40.2 Å². The average molecular weight is 273 g/mol. The first kappa shape index (κ1) is 11.7. The van der Waals surface area contributed by atoms with E-state index in [2.05, 4.69) is 10.3 Å². The minimum Gasteiger partial charge on any atom is -0.379 e. The molecule has 2 nitrogen and oxygen atoms in total. The Morgan fingerprint density at radius 2 is 2.19 bits per heavy atom. The van der Waals surface area contributed by atoms with Crippen molar-refractivity contribution in [1.29, 1.82) is 0 Å². The first-order valence-electron chi connectivity index (χ1n) is 4.75. The molecule has 0 aliphatic carbocycles. The van der Waals surface area contributed by atoms with Crippen LogP contribution in [0.15, 0.2) is 24.4 Å². The molecule has 2 aromatic rings. The van der Waals surface area contributed by atoms with Gasteiger partial charge in [0.1, 0.15) is 5.15 Å². The Hall–Kier alpha value is -0.770. The maximum Gasteiger partial charge on any atom is 0.129 e. The molecule has 0 aliphatic rings. The van der Waals surface area contributed by atoms with E-state index in [1.807, 2.05) is 25.1 Å². The predicted molar refractivity (Wildman–Crippen MR) is 70.6 cm³/mol. The summed E-state index contributed by atoms with van der Waals surface area (Å²) in [6, 6.07) is 5.75. The van der Waals surface area contributed by atoms with Gasteiger partial charge in [-0.2, -0.15) is 0 Å². The molecule has 0 aromatic carbocycles. The van der Waals surface area contributed by atoms with Gasteiger partial charge in [0.25, 0.3) is 0 Å². The molecule has 0 amide bonds. The summed E-state index contributed by atoms with van der Waals surface area (Å²) in [7, 11) is 0. The number of anilines is 1. The number of pyridine rings is 1. The zero-order valence-corrected chi connectivity index (χ0v) is 11.0. The molecule has 2 rings (SSSR count). The predicted octanol–water partition coefficient (Wildman–Crippen LogP) is 4.37. The van der Waals surface area contributed by atoms with Crippen LogP contribution in [-0.2, 0) is 6.54 Å². The second-order valence-corrected chi connectivity index (χ2v) is 5.57. The highest BCUT2D eigenvalue weighted by molar-refractivity contribution is 7.16. The summed E-state index contributed by atoms with van der Waals surface area (Å²) in [6.45, 7) is 2.75. The van der Waals surface area contributed by atoms with E-state index in [1.54, 1.807) is 17.5 Å². The number of rotatable bonds is 3. The Labute approximate surface area is 108 Å². The topological polar surface area (TPSA) is 24.9 Å². The smallest absolute Gasteiger partial charge is 0.129 e. The van der Waals surface area contributed by atoms with Gasteiger partial charge in [-0.1, -0.05) is 23.2 Å². The van der Waals surface area contributed by atoms with Gasteiger partial charge >= 0.3 is 0 Å². The third-order valence-electron chi connectivity index (χ3n) is 2.16. The first-order chi connectivity index (χ1) is 7.65. The third-order valence-corrected chi connectivity index (χ3v) is 3.60. The number of halogens is 2. The molecule has 0 saturated carbocycles. The van der Waals surface area contributed by atoms with E-state index in [0.29, 0.717) is 5.15 Å². The third kappa shape index (κ3) is 2.88. The lowest BCUT2D eigenvalue weighted by Gasteiger charge is -2.07. The van der Waals surface area contributed by atoms with Crippen LogP contribution < -0.4 is 5.32 Å². The number of aromatic nitrogens is 1. The van der Waals surface area contributed by atoms with Crippen molar-refractivity contribution in [2.45, 2.75) is 13.5 Å². The number of nitrogens with zero attached hydrogens (tertiary/aromatic N) is 1. The number of aryl methyl sites for hydroxylation is 1. The number of thiophene rings is 1. The van der Waals surface area contributed by atoms with Crippen LogP contribution in [0.5, 0.6) is 0 Å². The van der Waals surface area contributed by atoms with E-state index in [9.17, 15) is 0 Å². The highest BCUT2D eigenvalue weighted by Crippen LogP contribution is 2.23. The first-order valence-corrected chi connectivity index (χ1v) is 6.32. The number of hydrogen-bond donors (Lipinski definition) is 1. The van der Waals surface area contributed by atoms with Gasteiger partial charge in [-0.25, -0.2) is 4.98 Å². The van der Waals surface area contributed by atoms with Gasteiger partial charge in [-0.05, 0) is 30.7 Å². The molecule has 0 fully saturated rings. The molecule has 2 aromatic heterocycles. The fraction of sp³-hybridized carbons (Fsp3) is 0.182. The van der Waals surface area contributed by atoms with Gasteiger partial charge in [-0.3, -0.25) is 0 Å². The quantitative estimate of drug-likeness (QED) is 0.840. The molecule has 0 saturated heterocycles. The van der Waals surface area contributed by atoms with Crippen molar-refractivity contribution in [2.75, 3.05) is 5.32 Å². The van der Waals surface area contributed by atoms with E-state index in [0.717, 1.165) is 22.1 Å². The summed E-state index contributed by atoms with van der Waals surface area (Å²) >= 11 is 13.2. The fourth-order valence-electron chi connectivity index (χ4n) is 1.34. The molecule has 84 valence electrons. The molecular formula is C11H10Cl2N2S. The molecule has 1 N–H and O–H groups in total. The van der Waals surface area contributed by atoms with Crippen LogP contribution in [0.4, 0.5) is 5.69 Å². The Balaban J connectivity index is 2.04. The van der Waals surface area contributed by atoms with Crippen molar-refractivity contribution in [3.05, 3.63) is 44.3 Å². The van der Waals surface area contributed by atoms with Gasteiger partial charge in [0.05, 0.1) is 16.2 Å². The van der Waals surface area contributed by atoms with Crippen molar-refractivity contribution in [3.8, 4) is 0 Å². The maximum atomic E-state index is 5.86. The second kappa shape index (κ2) is 5.04. The second-order valence-electron chi connectivity index (χ2n) is 3.38. The van der Waals surface area contributed by atoms with Crippen LogP contribution in [0.2, 0.25) is 9.49 Å². The van der Waals surface area contributed by atoms with Gasteiger partial charge in [-0.15, -0.1) is 11.3 Å². The molecule has 0 unspecified atom stereocenters. The van der Waals surface area contributed by atoms with Crippen LogP contribution in [-0.4, -0.2) is 4.98 Å². The molecule has 0 spiro atoms. The van der Waals surface area contributed by atoms with Crippen molar-refractivity contribution < 1.29 is 0 Å².